The molecule has 2 aromatic carbocycles. The summed E-state index contributed by atoms with van der Waals surface area (Å²) in [6.45, 7) is 1.80. The van der Waals surface area contributed by atoms with Gasteiger partial charge < -0.3 is 24.7 Å². The molecule has 1 aliphatic heterocycles. The molecule has 2 aromatic heterocycles. The number of halogens is 1. The summed E-state index contributed by atoms with van der Waals surface area (Å²) in [5.74, 6) is 0.970. The minimum absolute atomic E-state index is 0.195. The number of hydrogen-bond donors (Lipinski definition) is 2. The van der Waals surface area contributed by atoms with Crippen molar-refractivity contribution >= 4 is 45.3 Å². The van der Waals surface area contributed by atoms with Crippen molar-refractivity contribution in [2.75, 3.05) is 18.5 Å². The molecule has 1 aliphatic rings. The lowest BCUT2D eigenvalue weighted by atomic mass is 10.1. The second-order valence-corrected chi connectivity index (χ2v) is 9.00. The van der Waals surface area contributed by atoms with E-state index in [1.807, 2.05) is 34.5 Å². The molecule has 5 rings (SSSR count). The van der Waals surface area contributed by atoms with Crippen LogP contribution in [0.1, 0.15) is 10.4 Å². The van der Waals surface area contributed by atoms with Gasteiger partial charge in [0.1, 0.15) is 19.0 Å². The van der Waals surface area contributed by atoms with Crippen molar-refractivity contribution in [2.45, 2.75) is 13.1 Å². The van der Waals surface area contributed by atoms with Gasteiger partial charge in [0.2, 0.25) is 0 Å². The number of aromatic amines is 1. The van der Waals surface area contributed by atoms with Gasteiger partial charge in [0, 0.05) is 27.6 Å². The van der Waals surface area contributed by atoms with E-state index < -0.39 is 0 Å². The lowest BCUT2D eigenvalue weighted by Gasteiger charge is -2.25. The van der Waals surface area contributed by atoms with Gasteiger partial charge in [-0.05, 0) is 60.1 Å². The highest BCUT2D eigenvalue weighted by Gasteiger charge is 2.17. The number of rotatable bonds is 5. The molecule has 0 bridgehead atoms. The third-order valence-electron chi connectivity index (χ3n) is 5.25. The summed E-state index contributed by atoms with van der Waals surface area (Å²) in [4.78, 5) is 18.9. The van der Waals surface area contributed by atoms with Crippen LogP contribution >= 0.6 is 23.6 Å². The van der Waals surface area contributed by atoms with Gasteiger partial charge in [0.15, 0.2) is 16.6 Å². The first kappa shape index (κ1) is 21.4. The molecule has 0 spiro atoms. The summed E-state index contributed by atoms with van der Waals surface area (Å²) in [6, 6.07) is 15.5. The quantitative estimate of drug-likeness (QED) is 0.396. The van der Waals surface area contributed by atoms with Crippen molar-refractivity contribution in [3.63, 3.8) is 0 Å². The molecular weight excluding hydrogens is 461 g/mol. The zero-order chi connectivity index (χ0) is 22.8. The Bertz CT molecular complexity index is 1350. The molecule has 0 unspecified atom stereocenters. The van der Waals surface area contributed by atoms with Crippen molar-refractivity contribution in [3.8, 4) is 11.5 Å². The Balaban J connectivity index is 1.44. The van der Waals surface area contributed by atoms with Crippen LogP contribution in [-0.4, -0.2) is 28.2 Å². The molecule has 0 amide bonds. The number of ether oxygens (including phenoxy) is 2. The van der Waals surface area contributed by atoms with Gasteiger partial charge in [-0.25, -0.2) is 4.39 Å². The lowest BCUT2D eigenvalue weighted by Crippen LogP contribution is -2.35. The predicted molar refractivity (Wildman–Crippen MR) is 132 cm³/mol. The fourth-order valence-corrected chi connectivity index (χ4v) is 4.60. The van der Waals surface area contributed by atoms with E-state index in [9.17, 15) is 9.18 Å². The first-order valence-corrected chi connectivity index (χ1v) is 11.6. The molecule has 4 aromatic rings. The van der Waals surface area contributed by atoms with E-state index in [1.54, 1.807) is 29.5 Å². The zero-order valence-corrected chi connectivity index (χ0v) is 19.1. The Kier molecular flexibility index (Phi) is 5.97. The van der Waals surface area contributed by atoms with Crippen molar-refractivity contribution in [3.05, 3.63) is 86.6 Å². The first-order valence-electron chi connectivity index (χ1n) is 10.3. The highest BCUT2D eigenvalue weighted by Crippen LogP contribution is 2.33. The highest BCUT2D eigenvalue weighted by molar-refractivity contribution is 7.80. The number of pyridine rings is 1. The fraction of sp³-hybridized carbons (Fsp3) is 0.167. The smallest absolute Gasteiger partial charge is 0.253 e. The third-order valence-corrected chi connectivity index (χ3v) is 6.48. The normalized spacial score (nSPS) is 12.5. The summed E-state index contributed by atoms with van der Waals surface area (Å²) in [7, 11) is 0. The highest BCUT2D eigenvalue weighted by atomic mass is 32.1. The number of thiophene rings is 1. The van der Waals surface area contributed by atoms with E-state index in [0.29, 0.717) is 59.7 Å². The molecule has 0 atom stereocenters. The van der Waals surface area contributed by atoms with Crippen LogP contribution in [0.5, 0.6) is 11.5 Å². The number of anilines is 1. The number of benzene rings is 2. The summed E-state index contributed by atoms with van der Waals surface area (Å²) < 4.78 is 24.6. The summed E-state index contributed by atoms with van der Waals surface area (Å²) in [5.41, 5.74) is 1.73. The number of aromatic nitrogens is 1. The Hall–Kier alpha value is -3.43. The number of nitrogens with zero attached hydrogens (tertiary/aromatic N) is 1. The molecular formula is C24H20FN3O3S2. The third kappa shape index (κ3) is 4.84. The van der Waals surface area contributed by atoms with Gasteiger partial charge in [0.05, 0.1) is 18.6 Å². The molecule has 6 nitrogen and oxygen atoms in total. The van der Waals surface area contributed by atoms with E-state index in [0.717, 1.165) is 10.3 Å². The van der Waals surface area contributed by atoms with Crippen molar-refractivity contribution in [2.24, 2.45) is 0 Å². The van der Waals surface area contributed by atoms with Crippen LogP contribution in [0, 0.1) is 5.82 Å². The minimum Gasteiger partial charge on any atom is -0.486 e. The Morgan fingerprint density at radius 1 is 1.09 bits per heavy atom. The van der Waals surface area contributed by atoms with Crippen LogP contribution in [0.15, 0.2) is 64.8 Å². The van der Waals surface area contributed by atoms with Gasteiger partial charge in [0.25, 0.3) is 5.56 Å². The predicted octanol–water partition coefficient (Wildman–Crippen LogP) is 4.90. The number of H-pyrrole nitrogens is 1. The van der Waals surface area contributed by atoms with Crippen LogP contribution in [-0.2, 0) is 13.1 Å². The molecule has 0 fully saturated rings. The molecule has 0 saturated carbocycles. The molecule has 0 radical (unpaired) electrons. The van der Waals surface area contributed by atoms with Crippen LogP contribution in [0.25, 0.3) is 10.9 Å². The van der Waals surface area contributed by atoms with E-state index >= 15 is 0 Å². The summed E-state index contributed by atoms with van der Waals surface area (Å²) in [6.07, 6.45) is 0. The summed E-state index contributed by atoms with van der Waals surface area (Å²) >= 11 is 7.27. The van der Waals surface area contributed by atoms with Crippen LogP contribution < -0.4 is 20.3 Å². The van der Waals surface area contributed by atoms with E-state index in [1.165, 1.54) is 12.1 Å². The number of thiocarbonyl (C=S) groups is 1. The molecule has 3 heterocycles. The average molecular weight is 482 g/mol. The molecule has 0 aliphatic carbocycles. The van der Waals surface area contributed by atoms with Gasteiger partial charge >= 0.3 is 0 Å². The monoisotopic (exact) mass is 481 g/mol. The average Bonchev–Trinajstić information content (AvgIpc) is 3.32. The van der Waals surface area contributed by atoms with E-state index in [2.05, 4.69) is 10.3 Å². The van der Waals surface area contributed by atoms with Crippen LogP contribution in [0.3, 0.4) is 0 Å². The fourth-order valence-electron chi connectivity index (χ4n) is 3.64. The van der Waals surface area contributed by atoms with Gasteiger partial charge in [-0.2, -0.15) is 0 Å². The first-order chi connectivity index (χ1) is 16.0. The Morgan fingerprint density at radius 3 is 2.58 bits per heavy atom. The largest absolute Gasteiger partial charge is 0.486 e. The topological polar surface area (TPSA) is 66.6 Å². The SMILES string of the molecule is O=c1[nH]c2cc3c(cc2cc1CN(Cc1cccs1)C(=S)Nc1ccc(F)cc1)OCCO3. The molecule has 168 valence electrons. The van der Waals surface area contributed by atoms with Crippen molar-refractivity contribution in [1.82, 2.24) is 9.88 Å². The molecule has 9 heteroatoms. The van der Waals surface area contributed by atoms with Gasteiger partial charge in [-0.3, -0.25) is 4.79 Å². The van der Waals surface area contributed by atoms with E-state index in [4.69, 9.17) is 21.7 Å². The zero-order valence-electron chi connectivity index (χ0n) is 17.5. The number of nitrogens with one attached hydrogen (secondary N) is 2. The Labute approximate surface area is 198 Å². The molecule has 33 heavy (non-hydrogen) atoms. The van der Waals surface area contributed by atoms with Crippen LogP contribution in [0.4, 0.5) is 10.1 Å². The van der Waals surface area contributed by atoms with E-state index in [-0.39, 0.29) is 11.4 Å². The van der Waals surface area contributed by atoms with Gasteiger partial charge in [-0.15, -0.1) is 11.3 Å². The standard InChI is InChI=1S/C24H20FN3O3S2/c25-17-3-5-18(6-4-17)26-24(32)28(14-19-2-1-9-33-19)13-16-10-15-11-21-22(31-8-7-30-21)12-20(15)27-23(16)29/h1-6,9-12H,7-8,13-14H2,(H,26,32)(H,27,29). The minimum atomic E-state index is -0.318. The lowest BCUT2D eigenvalue weighted by molar-refractivity contribution is 0.172. The van der Waals surface area contributed by atoms with Crippen molar-refractivity contribution in [1.29, 1.82) is 0 Å². The number of hydrogen-bond acceptors (Lipinski definition) is 5. The number of fused-ring (bicyclic) bond motifs is 2. The van der Waals surface area contributed by atoms with Gasteiger partial charge in [-0.1, -0.05) is 6.07 Å². The maximum atomic E-state index is 13.3. The molecule has 2 N–H and O–H groups in total. The second kappa shape index (κ2) is 9.21. The second-order valence-electron chi connectivity index (χ2n) is 7.58. The van der Waals surface area contributed by atoms with Crippen molar-refractivity contribution < 1.29 is 13.9 Å². The Morgan fingerprint density at radius 2 is 1.85 bits per heavy atom. The maximum absolute atomic E-state index is 13.3. The summed E-state index contributed by atoms with van der Waals surface area (Å²) in [5, 5.41) is 6.43. The van der Waals surface area contributed by atoms with Crippen LogP contribution in [0.2, 0.25) is 0 Å². The molecule has 0 saturated heterocycles. The maximum Gasteiger partial charge on any atom is 0.253 e.